The molecular weight excluding hydrogens is 346 g/mol. The van der Waals surface area contributed by atoms with E-state index in [1.54, 1.807) is 19.2 Å². The molecule has 1 amide bonds. The van der Waals surface area contributed by atoms with E-state index in [1.807, 2.05) is 38.1 Å². The number of carbonyl (C=O) groups excluding carboxylic acids is 2. The summed E-state index contributed by atoms with van der Waals surface area (Å²) in [5.74, 6) is -0.197. The number of furan rings is 1. The third kappa shape index (κ3) is 4.47. The first-order chi connectivity index (χ1) is 13.0. The van der Waals surface area contributed by atoms with Crippen LogP contribution in [0.5, 0.6) is 5.75 Å². The van der Waals surface area contributed by atoms with Gasteiger partial charge in [-0.05, 0) is 43.2 Å². The van der Waals surface area contributed by atoms with Crippen LogP contribution in [0.25, 0.3) is 11.0 Å². The zero-order valence-electron chi connectivity index (χ0n) is 15.5. The first-order valence-electron chi connectivity index (χ1n) is 8.53. The topological polar surface area (TPSA) is 77.8 Å². The fraction of sp³-hybridized carbons (Fsp3) is 0.238. The Morgan fingerprint density at radius 2 is 1.93 bits per heavy atom. The van der Waals surface area contributed by atoms with E-state index in [4.69, 9.17) is 13.9 Å². The lowest BCUT2D eigenvalue weighted by Crippen LogP contribution is -2.22. The zero-order chi connectivity index (χ0) is 19.4. The zero-order valence-corrected chi connectivity index (χ0v) is 15.5. The fourth-order valence-electron chi connectivity index (χ4n) is 2.74. The lowest BCUT2D eigenvalue weighted by Gasteiger charge is -2.09. The normalized spacial score (nSPS) is 10.6. The number of anilines is 1. The van der Waals surface area contributed by atoms with Crippen LogP contribution >= 0.6 is 0 Å². The summed E-state index contributed by atoms with van der Waals surface area (Å²) in [6.45, 7) is 3.51. The number of benzene rings is 2. The third-order valence-electron chi connectivity index (χ3n) is 4.23. The number of carbonyl (C=O) groups is 2. The van der Waals surface area contributed by atoms with E-state index in [0.717, 1.165) is 16.5 Å². The molecule has 1 aromatic heterocycles. The number of nitrogens with one attached hydrogen (secondary N) is 1. The summed E-state index contributed by atoms with van der Waals surface area (Å²) in [6.07, 6.45) is 1.54. The van der Waals surface area contributed by atoms with Gasteiger partial charge in [0.1, 0.15) is 11.3 Å². The molecule has 0 atom stereocenters. The SMILES string of the molecule is COc1ccc2c(CC(=O)OCC(=O)Nc3cc(C)ccc3C)coc2c1. The molecule has 6 nitrogen and oxygen atoms in total. The monoisotopic (exact) mass is 367 g/mol. The smallest absolute Gasteiger partial charge is 0.310 e. The van der Waals surface area contributed by atoms with E-state index in [2.05, 4.69) is 5.32 Å². The number of esters is 1. The van der Waals surface area contributed by atoms with Gasteiger partial charge < -0.3 is 19.2 Å². The molecule has 0 radical (unpaired) electrons. The van der Waals surface area contributed by atoms with Gasteiger partial charge in [0.25, 0.3) is 5.91 Å². The second-order valence-corrected chi connectivity index (χ2v) is 6.33. The average molecular weight is 367 g/mol. The van der Waals surface area contributed by atoms with Gasteiger partial charge in [-0.3, -0.25) is 9.59 Å². The van der Waals surface area contributed by atoms with Crippen LogP contribution in [-0.2, 0) is 20.7 Å². The van der Waals surface area contributed by atoms with Gasteiger partial charge in [-0.1, -0.05) is 12.1 Å². The summed E-state index contributed by atoms with van der Waals surface area (Å²) >= 11 is 0. The first kappa shape index (κ1) is 18.5. The molecule has 1 N–H and O–H groups in total. The molecule has 140 valence electrons. The molecule has 2 aromatic carbocycles. The number of aryl methyl sites for hydroxylation is 2. The Balaban J connectivity index is 1.56. The maximum Gasteiger partial charge on any atom is 0.310 e. The van der Waals surface area contributed by atoms with E-state index >= 15 is 0 Å². The predicted octanol–water partition coefficient (Wildman–Crippen LogP) is 3.78. The molecule has 0 unspecified atom stereocenters. The van der Waals surface area contributed by atoms with Crippen molar-refractivity contribution >= 4 is 28.5 Å². The van der Waals surface area contributed by atoms with Crippen molar-refractivity contribution < 1.29 is 23.5 Å². The first-order valence-corrected chi connectivity index (χ1v) is 8.53. The number of ether oxygens (including phenoxy) is 2. The number of rotatable bonds is 6. The Bertz CT molecular complexity index is 989. The molecule has 0 saturated heterocycles. The number of methoxy groups -OCH3 is 1. The Morgan fingerprint density at radius 3 is 2.70 bits per heavy atom. The number of fused-ring (bicyclic) bond motifs is 1. The highest BCUT2D eigenvalue weighted by Gasteiger charge is 2.14. The molecule has 0 aliphatic carbocycles. The average Bonchev–Trinajstić information content (AvgIpc) is 3.05. The summed E-state index contributed by atoms with van der Waals surface area (Å²) in [5, 5.41) is 3.57. The minimum absolute atomic E-state index is 0.0239. The largest absolute Gasteiger partial charge is 0.497 e. The van der Waals surface area contributed by atoms with Gasteiger partial charge in [0.05, 0.1) is 19.8 Å². The van der Waals surface area contributed by atoms with Crippen molar-refractivity contribution in [3.63, 3.8) is 0 Å². The molecule has 0 saturated carbocycles. The molecule has 3 aromatic rings. The number of hydrogen-bond acceptors (Lipinski definition) is 5. The minimum Gasteiger partial charge on any atom is -0.497 e. The quantitative estimate of drug-likeness (QED) is 0.671. The highest BCUT2D eigenvalue weighted by Crippen LogP contribution is 2.26. The lowest BCUT2D eigenvalue weighted by atomic mass is 10.1. The molecule has 0 spiro atoms. The van der Waals surface area contributed by atoms with Gasteiger partial charge >= 0.3 is 5.97 Å². The Kier molecular flexibility index (Phi) is 5.45. The highest BCUT2D eigenvalue weighted by molar-refractivity contribution is 5.94. The number of hydrogen-bond donors (Lipinski definition) is 1. The molecule has 3 rings (SSSR count). The summed E-state index contributed by atoms with van der Waals surface area (Å²) in [5.41, 5.74) is 4.03. The highest BCUT2D eigenvalue weighted by atomic mass is 16.5. The Labute approximate surface area is 157 Å². The van der Waals surface area contributed by atoms with Crippen LogP contribution in [0.1, 0.15) is 16.7 Å². The van der Waals surface area contributed by atoms with Crippen molar-refractivity contribution in [2.75, 3.05) is 19.0 Å². The van der Waals surface area contributed by atoms with Gasteiger partial charge in [-0.15, -0.1) is 0 Å². The van der Waals surface area contributed by atoms with Crippen LogP contribution in [0.4, 0.5) is 5.69 Å². The van der Waals surface area contributed by atoms with Gasteiger partial charge in [0.2, 0.25) is 0 Å². The van der Waals surface area contributed by atoms with Crippen LogP contribution in [0, 0.1) is 13.8 Å². The molecule has 27 heavy (non-hydrogen) atoms. The van der Waals surface area contributed by atoms with E-state index in [9.17, 15) is 9.59 Å². The van der Waals surface area contributed by atoms with Crippen molar-refractivity contribution in [2.24, 2.45) is 0 Å². The lowest BCUT2D eigenvalue weighted by molar-refractivity contribution is -0.146. The van der Waals surface area contributed by atoms with Crippen LogP contribution in [0.3, 0.4) is 0 Å². The van der Waals surface area contributed by atoms with Crippen molar-refractivity contribution in [1.29, 1.82) is 0 Å². The van der Waals surface area contributed by atoms with E-state index < -0.39 is 5.97 Å². The van der Waals surface area contributed by atoms with Crippen LogP contribution < -0.4 is 10.1 Å². The van der Waals surface area contributed by atoms with Crippen LogP contribution in [-0.4, -0.2) is 25.6 Å². The van der Waals surface area contributed by atoms with Crippen molar-refractivity contribution in [2.45, 2.75) is 20.3 Å². The molecule has 0 bridgehead atoms. The van der Waals surface area contributed by atoms with Crippen molar-refractivity contribution in [1.82, 2.24) is 0 Å². The molecule has 0 aliphatic rings. The summed E-state index contributed by atoms with van der Waals surface area (Å²) in [4.78, 5) is 24.1. The van der Waals surface area contributed by atoms with Gasteiger partial charge in [-0.2, -0.15) is 0 Å². The summed E-state index contributed by atoms with van der Waals surface area (Å²) < 4.78 is 15.7. The molecule has 6 heteroatoms. The molecule has 0 fully saturated rings. The number of amides is 1. The van der Waals surface area contributed by atoms with Gasteiger partial charge in [0, 0.05) is 22.7 Å². The van der Waals surface area contributed by atoms with Crippen molar-refractivity contribution in [3.8, 4) is 5.75 Å². The van der Waals surface area contributed by atoms with Gasteiger partial charge in [0.15, 0.2) is 6.61 Å². The van der Waals surface area contributed by atoms with Crippen LogP contribution in [0.2, 0.25) is 0 Å². The summed E-state index contributed by atoms with van der Waals surface area (Å²) in [6, 6.07) is 11.1. The van der Waals surface area contributed by atoms with Crippen LogP contribution in [0.15, 0.2) is 47.1 Å². The maximum atomic E-state index is 12.1. The summed E-state index contributed by atoms with van der Waals surface area (Å²) in [7, 11) is 1.58. The maximum absolute atomic E-state index is 12.1. The van der Waals surface area contributed by atoms with E-state index in [1.165, 1.54) is 6.26 Å². The Hall–Kier alpha value is -3.28. The molecule has 1 heterocycles. The third-order valence-corrected chi connectivity index (χ3v) is 4.23. The standard InChI is InChI=1S/C21H21NO5/c1-13-4-5-14(2)18(8-13)22-20(23)12-27-21(24)9-15-11-26-19-10-16(25-3)6-7-17(15)19/h4-8,10-11H,9,12H2,1-3H3,(H,22,23). The van der Waals surface area contributed by atoms with Gasteiger partial charge in [-0.25, -0.2) is 0 Å². The second-order valence-electron chi connectivity index (χ2n) is 6.33. The molecular formula is C21H21NO5. The second kappa shape index (κ2) is 7.95. The molecule has 0 aliphatic heterocycles. The van der Waals surface area contributed by atoms with Crippen molar-refractivity contribution in [3.05, 3.63) is 59.4 Å². The minimum atomic E-state index is -0.496. The van der Waals surface area contributed by atoms with E-state index in [0.29, 0.717) is 22.6 Å². The van der Waals surface area contributed by atoms with E-state index in [-0.39, 0.29) is 18.9 Å². The fourth-order valence-corrected chi connectivity index (χ4v) is 2.74. The Morgan fingerprint density at radius 1 is 1.11 bits per heavy atom. The predicted molar refractivity (Wildman–Crippen MR) is 102 cm³/mol.